The number of ether oxygens (including phenoxy) is 7. The van der Waals surface area contributed by atoms with Gasteiger partial charge in [-0.2, -0.15) is 0 Å². The van der Waals surface area contributed by atoms with Gasteiger partial charge in [-0.15, -0.1) is 0 Å². The van der Waals surface area contributed by atoms with Crippen LogP contribution in [-0.2, 0) is 42.7 Å². The molecule has 0 spiro atoms. The highest BCUT2D eigenvalue weighted by Crippen LogP contribution is 2.40. The Morgan fingerprint density at radius 1 is 0.741 bits per heavy atom. The van der Waals surface area contributed by atoms with Gasteiger partial charge >= 0.3 is 11.9 Å². The normalized spacial score (nSPS) is 38.8. The van der Waals surface area contributed by atoms with Gasteiger partial charge in [0.15, 0.2) is 31.1 Å². The van der Waals surface area contributed by atoms with Crippen molar-refractivity contribution in [3.8, 4) is 0 Å². The first-order chi connectivity index (χ1) is 27.1. The Balaban J connectivity index is 1.92. The minimum absolute atomic E-state index is 0.0151. The summed E-state index contributed by atoms with van der Waals surface area (Å²) in [7, 11) is 0. The first kappa shape index (κ1) is 50.5. The molecule has 23 nitrogen and oxygen atoms in total. The molecule has 0 radical (unpaired) electrons. The third kappa shape index (κ3) is 11.0. The van der Waals surface area contributed by atoms with E-state index in [0.29, 0.717) is 12.8 Å². The summed E-state index contributed by atoms with van der Waals surface area (Å²) in [6.07, 6.45) is -35.4. The van der Waals surface area contributed by atoms with Gasteiger partial charge in [0.2, 0.25) is 0 Å². The van der Waals surface area contributed by atoms with E-state index in [-0.39, 0.29) is 19.3 Å². The predicted molar refractivity (Wildman–Crippen MR) is 188 cm³/mol. The third-order valence-corrected chi connectivity index (χ3v) is 11.2. The highest BCUT2D eigenvalue weighted by atomic mass is 16.7. The monoisotopic (exact) mass is 850 g/mol. The Bertz CT molecular complexity index is 1290. The molecule has 0 aliphatic carbocycles. The van der Waals surface area contributed by atoms with E-state index in [2.05, 4.69) is 0 Å². The summed E-state index contributed by atoms with van der Waals surface area (Å²) in [4.78, 5) is 23.9. The topological polar surface area (TPSA) is 382 Å². The predicted octanol–water partition coefficient (Wildman–Crippen LogP) is -5.38. The molecule has 0 amide bonds. The molecular formula is C35H62O23. The van der Waals surface area contributed by atoms with Crippen molar-refractivity contribution in [3.63, 3.8) is 0 Å². The number of aliphatic hydroxyl groups excluding tert-OH is 10. The fraction of sp³-hybridized carbons (Fsp3) is 0.943. The molecule has 3 aliphatic heterocycles. The van der Waals surface area contributed by atoms with Gasteiger partial charge in [-0.1, -0.05) is 33.6 Å². The van der Waals surface area contributed by atoms with Gasteiger partial charge in [0, 0.05) is 0 Å². The quantitative estimate of drug-likeness (QED) is 0.0479. The zero-order chi connectivity index (χ0) is 44.0. The van der Waals surface area contributed by atoms with Crippen molar-refractivity contribution in [2.75, 3.05) is 13.2 Å². The van der Waals surface area contributed by atoms with Gasteiger partial charge in [-0.25, -0.2) is 9.59 Å². The molecule has 3 saturated heterocycles. The Labute approximate surface area is 333 Å². The van der Waals surface area contributed by atoms with Crippen molar-refractivity contribution in [1.29, 1.82) is 0 Å². The van der Waals surface area contributed by atoms with E-state index in [1.807, 2.05) is 0 Å². The van der Waals surface area contributed by atoms with E-state index < -0.39 is 153 Å². The van der Waals surface area contributed by atoms with Crippen LogP contribution in [0.25, 0.3) is 0 Å². The van der Waals surface area contributed by atoms with Crippen LogP contribution < -0.4 is 0 Å². The second-order valence-electron chi connectivity index (χ2n) is 15.2. The van der Waals surface area contributed by atoms with E-state index in [9.17, 15) is 81.1 Å². The van der Waals surface area contributed by atoms with Crippen molar-refractivity contribution in [2.24, 2.45) is 0 Å². The number of unbranched alkanes of at least 4 members (excludes halogenated alkanes) is 1. The van der Waals surface area contributed by atoms with Crippen molar-refractivity contribution in [3.05, 3.63) is 0 Å². The molecule has 0 aromatic rings. The molecule has 0 aromatic heterocycles. The van der Waals surface area contributed by atoms with E-state index in [0.717, 1.165) is 0 Å². The maximum absolute atomic E-state index is 12.3. The molecule has 14 N–H and O–H groups in total. The highest BCUT2D eigenvalue weighted by molar-refractivity contribution is 5.73. The number of carboxylic acids is 2. The second-order valence-corrected chi connectivity index (χ2v) is 15.2. The molecule has 23 heteroatoms. The first-order valence-electron chi connectivity index (χ1n) is 19.2. The number of carboxylic acid groups (broad SMARTS) is 2. The van der Waals surface area contributed by atoms with Crippen LogP contribution >= 0.6 is 0 Å². The van der Waals surface area contributed by atoms with Crippen molar-refractivity contribution in [2.45, 2.75) is 194 Å². The van der Waals surface area contributed by atoms with Crippen molar-refractivity contribution >= 4 is 11.9 Å². The van der Waals surface area contributed by atoms with E-state index in [4.69, 9.17) is 33.2 Å². The highest BCUT2D eigenvalue weighted by Gasteiger charge is 2.58. The van der Waals surface area contributed by atoms with Gasteiger partial charge in [-0.05, 0) is 33.1 Å². The van der Waals surface area contributed by atoms with Gasteiger partial charge in [0.05, 0.1) is 30.5 Å². The largest absolute Gasteiger partial charge is 0.479 e. The van der Waals surface area contributed by atoms with Crippen LogP contribution in [0.1, 0.15) is 66.7 Å². The maximum atomic E-state index is 12.3. The molecule has 19 atom stereocenters. The lowest BCUT2D eigenvalue weighted by atomic mass is 9.82. The van der Waals surface area contributed by atoms with Crippen molar-refractivity contribution in [1.82, 2.24) is 0 Å². The van der Waals surface area contributed by atoms with Gasteiger partial charge in [0.25, 0.3) is 0 Å². The fourth-order valence-electron chi connectivity index (χ4n) is 7.39. The molecule has 19 unspecified atom stereocenters. The molecule has 58 heavy (non-hydrogen) atoms. The van der Waals surface area contributed by atoms with Crippen LogP contribution in [0.15, 0.2) is 0 Å². The molecule has 3 fully saturated rings. The molecule has 0 bridgehead atoms. The number of hydrogen-bond acceptors (Lipinski definition) is 21. The SMILES string of the molecule is CCCCC(C)(OC1C(O)C(OC(C)C(CO)OC(C(O)O)C(O)(CC)CC)OC(C(=O)O)C1O)C1OC(CO)C(OC2OC(C(=O)O)C(O)C(O)C2O)C(O)C1O. The standard InChI is InChI=1S/C35H62O23/c1-6-9-10-34(5,27-19(41)18(40)23(15(12-37)54-27)55-32-20(42)16(38)17(39)25(56-32)29(45)46)58-24-21(43)26(30(47)48)57-33(22(24)44)52-13(4)14(11-36)53-28(31(49)50)35(51,7-2)8-3/h13-28,31-33,36-44,49-51H,6-12H2,1-5H3,(H,45,46)(H,47,48). The van der Waals surface area contributed by atoms with Crippen molar-refractivity contribution < 1.29 is 114 Å². The van der Waals surface area contributed by atoms with Crippen LogP contribution in [0.5, 0.6) is 0 Å². The number of hydrogen-bond donors (Lipinski definition) is 14. The number of aliphatic carboxylic acids is 2. The number of carbonyl (C=O) groups is 2. The second kappa shape index (κ2) is 21.3. The Kier molecular flexibility index (Phi) is 18.6. The van der Waals surface area contributed by atoms with Crippen LogP contribution in [0, 0.1) is 0 Å². The van der Waals surface area contributed by atoms with Crippen LogP contribution in [0.4, 0.5) is 0 Å². The van der Waals surface area contributed by atoms with Gasteiger partial charge in [0.1, 0.15) is 79.4 Å². The summed E-state index contributed by atoms with van der Waals surface area (Å²) >= 11 is 0. The molecule has 3 aliphatic rings. The first-order valence-corrected chi connectivity index (χ1v) is 19.2. The molecule has 3 heterocycles. The minimum atomic E-state index is -2.21. The van der Waals surface area contributed by atoms with Crippen LogP contribution in [-0.4, -0.2) is 224 Å². The molecular weight excluding hydrogens is 788 g/mol. The Morgan fingerprint density at radius 2 is 1.31 bits per heavy atom. The summed E-state index contributed by atoms with van der Waals surface area (Å²) in [5.74, 6) is -3.45. The lowest BCUT2D eigenvalue weighted by molar-refractivity contribution is -0.360. The lowest BCUT2D eigenvalue weighted by Gasteiger charge is -2.52. The molecule has 0 aromatic carbocycles. The van der Waals surface area contributed by atoms with Gasteiger partial charge < -0.3 is 105 Å². The summed E-state index contributed by atoms with van der Waals surface area (Å²) < 4.78 is 39.8. The average molecular weight is 851 g/mol. The minimum Gasteiger partial charge on any atom is -0.479 e. The van der Waals surface area contributed by atoms with Gasteiger partial charge in [-0.3, -0.25) is 0 Å². The fourth-order valence-corrected chi connectivity index (χ4v) is 7.39. The lowest BCUT2D eigenvalue weighted by Crippen LogP contribution is -2.69. The number of aliphatic hydroxyl groups is 12. The molecule has 0 saturated carbocycles. The average Bonchev–Trinajstić information content (AvgIpc) is 3.18. The third-order valence-electron chi connectivity index (χ3n) is 11.2. The zero-order valence-electron chi connectivity index (χ0n) is 32.9. The van der Waals surface area contributed by atoms with Crippen LogP contribution in [0.2, 0.25) is 0 Å². The zero-order valence-corrected chi connectivity index (χ0v) is 32.9. The Morgan fingerprint density at radius 3 is 1.81 bits per heavy atom. The smallest absolute Gasteiger partial charge is 0.335 e. The summed E-state index contributed by atoms with van der Waals surface area (Å²) in [6.45, 7) is 5.79. The Hall–Kier alpha value is -1.82. The molecule has 340 valence electrons. The van der Waals surface area contributed by atoms with E-state index >= 15 is 0 Å². The molecule has 3 rings (SSSR count). The summed E-state index contributed by atoms with van der Waals surface area (Å²) in [6, 6.07) is 0. The summed E-state index contributed by atoms with van der Waals surface area (Å²) in [5, 5.41) is 147. The maximum Gasteiger partial charge on any atom is 0.335 e. The summed E-state index contributed by atoms with van der Waals surface area (Å²) in [5.41, 5.74) is -3.62. The van der Waals surface area contributed by atoms with E-state index in [1.165, 1.54) is 13.8 Å². The van der Waals surface area contributed by atoms with E-state index in [1.54, 1.807) is 20.8 Å². The number of rotatable bonds is 21. The van der Waals surface area contributed by atoms with Crippen LogP contribution in [0.3, 0.4) is 0 Å².